The molecule has 3 nitrogen and oxygen atoms in total. The molecular formula is C11H10NO2. The van der Waals surface area contributed by atoms with Crippen LogP contribution in [-0.2, 0) is 0 Å². The Morgan fingerprint density at radius 3 is 2.57 bits per heavy atom. The summed E-state index contributed by atoms with van der Waals surface area (Å²) in [7, 11) is 3.22. The highest BCUT2D eigenvalue weighted by molar-refractivity contribution is 5.82. The van der Waals surface area contributed by atoms with Crippen molar-refractivity contribution in [3.63, 3.8) is 0 Å². The van der Waals surface area contributed by atoms with Gasteiger partial charge in [-0.25, -0.2) is 4.98 Å². The average Bonchev–Trinajstić information content (AvgIpc) is 2.27. The molecule has 0 saturated heterocycles. The largest absolute Gasteiger partial charge is 0.493 e. The topological polar surface area (TPSA) is 31.4 Å². The second-order valence-electron chi connectivity index (χ2n) is 2.84. The fourth-order valence-corrected chi connectivity index (χ4v) is 1.35. The lowest BCUT2D eigenvalue weighted by molar-refractivity contribution is 0.356. The summed E-state index contributed by atoms with van der Waals surface area (Å²) in [5.41, 5.74) is 0.852. The minimum Gasteiger partial charge on any atom is -0.493 e. The Morgan fingerprint density at radius 2 is 1.86 bits per heavy atom. The number of benzene rings is 1. The van der Waals surface area contributed by atoms with Gasteiger partial charge in [0.05, 0.1) is 25.9 Å². The lowest BCUT2D eigenvalue weighted by Crippen LogP contribution is -1.91. The summed E-state index contributed by atoms with van der Waals surface area (Å²) in [6.45, 7) is 0. The molecule has 0 saturated carbocycles. The van der Waals surface area contributed by atoms with E-state index in [1.54, 1.807) is 20.3 Å². The summed E-state index contributed by atoms with van der Waals surface area (Å²) in [5, 5.41) is 1.02. The Hall–Kier alpha value is -1.77. The van der Waals surface area contributed by atoms with Crippen LogP contribution in [0.1, 0.15) is 0 Å². The van der Waals surface area contributed by atoms with Gasteiger partial charge in [0.15, 0.2) is 11.5 Å². The first-order valence-electron chi connectivity index (χ1n) is 4.24. The fraction of sp³-hybridized carbons (Fsp3) is 0.182. The van der Waals surface area contributed by atoms with Crippen molar-refractivity contribution in [1.82, 2.24) is 4.98 Å². The van der Waals surface area contributed by atoms with Crippen molar-refractivity contribution in [1.29, 1.82) is 0 Å². The van der Waals surface area contributed by atoms with Gasteiger partial charge >= 0.3 is 0 Å². The van der Waals surface area contributed by atoms with E-state index in [1.165, 1.54) is 0 Å². The van der Waals surface area contributed by atoms with Crippen molar-refractivity contribution in [2.24, 2.45) is 0 Å². The highest BCUT2D eigenvalue weighted by Crippen LogP contribution is 2.30. The van der Waals surface area contributed by atoms with E-state index in [9.17, 15) is 0 Å². The minimum atomic E-state index is 0.687. The molecule has 2 rings (SSSR count). The van der Waals surface area contributed by atoms with Gasteiger partial charge in [0.2, 0.25) is 0 Å². The summed E-state index contributed by atoms with van der Waals surface area (Å²) in [5.74, 6) is 1.40. The zero-order valence-corrected chi connectivity index (χ0v) is 8.07. The third-order valence-corrected chi connectivity index (χ3v) is 2.06. The van der Waals surface area contributed by atoms with Crippen LogP contribution in [-0.4, -0.2) is 19.2 Å². The van der Waals surface area contributed by atoms with Gasteiger partial charge in [0.1, 0.15) is 0 Å². The highest BCUT2D eigenvalue weighted by atomic mass is 16.5. The molecule has 2 aromatic rings. The maximum Gasteiger partial charge on any atom is 0.162 e. The van der Waals surface area contributed by atoms with Gasteiger partial charge in [-0.3, -0.25) is 0 Å². The van der Waals surface area contributed by atoms with Gasteiger partial charge in [0.25, 0.3) is 0 Å². The number of rotatable bonds is 2. The molecular weight excluding hydrogens is 178 g/mol. The third kappa shape index (κ3) is 1.37. The molecule has 0 aliphatic heterocycles. The molecule has 1 radical (unpaired) electrons. The van der Waals surface area contributed by atoms with E-state index in [4.69, 9.17) is 9.47 Å². The van der Waals surface area contributed by atoms with Crippen LogP contribution in [0.2, 0.25) is 0 Å². The van der Waals surface area contributed by atoms with Crippen molar-refractivity contribution in [3.05, 3.63) is 30.5 Å². The maximum absolute atomic E-state index is 5.18. The number of aromatic nitrogens is 1. The van der Waals surface area contributed by atoms with Gasteiger partial charge in [-0.15, -0.1) is 0 Å². The normalized spacial score (nSPS) is 10.1. The van der Waals surface area contributed by atoms with E-state index < -0.39 is 0 Å². The lowest BCUT2D eigenvalue weighted by atomic mass is 10.2. The van der Waals surface area contributed by atoms with Crippen LogP contribution in [0.3, 0.4) is 0 Å². The van der Waals surface area contributed by atoms with Crippen LogP contribution in [0.5, 0.6) is 11.5 Å². The Balaban J connectivity index is 2.69. The third-order valence-electron chi connectivity index (χ3n) is 2.06. The first-order valence-corrected chi connectivity index (χ1v) is 4.24. The molecule has 0 fully saturated rings. The monoisotopic (exact) mass is 188 g/mol. The van der Waals surface area contributed by atoms with Crippen LogP contribution < -0.4 is 9.47 Å². The molecule has 0 N–H and O–H groups in total. The van der Waals surface area contributed by atoms with Crippen LogP contribution >= 0.6 is 0 Å². The van der Waals surface area contributed by atoms with E-state index in [0.717, 1.165) is 10.9 Å². The zero-order valence-electron chi connectivity index (χ0n) is 8.07. The molecule has 1 aromatic carbocycles. The molecule has 0 atom stereocenters. The van der Waals surface area contributed by atoms with Gasteiger partial charge in [-0.1, -0.05) is 6.07 Å². The molecule has 1 aromatic heterocycles. The van der Waals surface area contributed by atoms with Crippen molar-refractivity contribution >= 4 is 10.9 Å². The number of hydrogen-bond acceptors (Lipinski definition) is 3. The summed E-state index contributed by atoms with van der Waals surface area (Å²) in [6.07, 6.45) is 2.78. The minimum absolute atomic E-state index is 0.687. The number of hydrogen-bond donors (Lipinski definition) is 0. The van der Waals surface area contributed by atoms with E-state index in [2.05, 4.69) is 11.2 Å². The number of fused-ring (bicyclic) bond motifs is 1. The van der Waals surface area contributed by atoms with Crippen LogP contribution in [0.25, 0.3) is 10.9 Å². The SMILES string of the molecule is COc1cc2cc[c]nc2cc1OC. The number of ether oxygens (including phenoxy) is 2. The van der Waals surface area contributed by atoms with E-state index in [1.807, 2.05) is 18.2 Å². The van der Waals surface area contributed by atoms with Crippen LogP contribution in [0.15, 0.2) is 24.3 Å². The predicted octanol–water partition coefficient (Wildman–Crippen LogP) is 2.05. The lowest BCUT2D eigenvalue weighted by Gasteiger charge is -2.07. The average molecular weight is 188 g/mol. The Bertz CT molecular complexity index is 411. The maximum atomic E-state index is 5.18. The zero-order chi connectivity index (χ0) is 9.97. The quantitative estimate of drug-likeness (QED) is 0.722. The van der Waals surface area contributed by atoms with E-state index in [0.29, 0.717) is 11.5 Å². The molecule has 71 valence electrons. The van der Waals surface area contributed by atoms with Crippen molar-refractivity contribution in [3.8, 4) is 11.5 Å². The Morgan fingerprint density at radius 1 is 1.14 bits per heavy atom. The fourth-order valence-electron chi connectivity index (χ4n) is 1.35. The summed E-state index contributed by atoms with van der Waals surface area (Å²) in [6, 6.07) is 7.44. The number of pyridine rings is 1. The molecule has 0 amide bonds. The van der Waals surface area contributed by atoms with Gasteiger partial charge in [-0.2, -0.15) is 0 Å². The highest BCUT2D eigenvalue weighted by Gasteiger charge is 2.05. The standard InChI is InChI=1S/C11H10NO2/c1-13-10-6-8-4-3-5-12-9(8)7-11(10)14-2/h3-4,6-7H,1-2H3. The molecule has 14 heavy (non-hydrogen) atoms. The Kier molecular flexibility index (Phi) is 2.23. The molecule has 0 spiro atoms. The molecule has 0 aliphatic rings. The van der Waals surface area contributed by atoms with Crippen molar-refractivity contribution < 1.29 is 9.47 Å². The molecule has 0 bridgehead atoms. The molecule has 3 heteroatoms. The smallest absolute Gasteiger partial charge is 0.162 e. The first kappa shape index (κ1) is 8.81. The summed E-state index contributed by atoms with van der Waals surface area (Å²) >= 11 is 0. The number of nitrogens with zero attached hydrogens (tertiary/aromatic N) is 1. The molecule has 0 unspecified atom stereocenters. The molecule has 1 heterocycles. The molecule has 0 aliphatic carbocycles. The van der Waals surface area contributed by atoms with Gasteiger partial charge in [0, 0.05) is 11.5 Å². The van der Waals surface area contributed by atoms with Crippen LogP contribution in [0, 0.1) is 6.20 Å². The summed E-state index contributed by atoms with van der Waals surface area (Å²) < 4.78 is 10.3. The van der Waals surface area contributed by atoms with Gasteiger partial charge < -0.3 is 9.47 Å². The Labute approximate surface area is 82.3 Å². The predicted molar refractivity (Wildman–Crippen MR) is 53.7 cm³/mol. The van der Waals surface area contributed by atoms with Crippen LogP contribution in [0.4, 0.5) is 0 Å². The van der Waals surface area contributed by atoms with Crippen molar-refractivity contribution in [2.45, 2.75) is 0 Å². The van der Waals surface area contributed by atoms with Gasteiger partial charge in [-0.05, 0) is 12.1 Å². The summed E-state index contributed by atoms with van der Waals surface area (Å²) in [4.78, 5) is 4.10. The second-order valence-corrected chi connectivity index (χ2v) is 2.84. The second kappa shape index (κ2) is 3.54. The van der Waals surface area contributed by atoms with E-state index >= 15 is 0 Å². The van der Waals surface area contributed by atoms with E-state index in [-0.39, 0.29) is 0 Å². The first-order chi connectivity index (χ1) is 6.85. The number of methoxy groups -OCH3 is 2. The van der Waals surface area contributed by atoms with Crippen molar-refractivity contribution in [2.75, 3.05) is 14.2 Å².